The van der Waals surface area contributed by atoms with Crippen LogP contribution in [0, 0.1) is 5.95 Å². The van der Waals surface area contributed by atoms with E-state index in [-0.39, 0.29) is 5.91 Å². The largest absolute Gasteiger partial charge is 0.356 e. The van der Waals surface area contributed by atoms with E-state index < -0.39 is 5.95 Å². The summed E-state index contributed by atoms with van der Waals surface area (Å²) in [6.45, 7) is 2.07. The summed E-state index contributed by atoms with van der Waals surface area (Å²) in [6.07, 6.45) is 0. The number of rotatable bonds is 4. The highest BCUT2D eigenvalue weighted by Gasteiger charge is 2.09. The Morgan fingerprint density at radius 1 is 1.67 bits per heavy atom. The molecule has 0 saturated heterocycles. The second kappa shape index (κ2) is 5.65. The molecule has 0 aliphatic heterocycles. The smallest absolute Gasteiger partial charge is 0.277 e. The first kappa shape index (κ1) is 11.9. The highest BCUT2D eigenvalue weighted by atomic mass is 32.2. The zero-order valence-electron chi connectivity index (χ0n) is 8.66. The number of halogens is 1. The van der Waals surface area contributed by atoms with Gasteiger partial charge in [-0.25, -0.2) is 0 Å². The number of nitrogens with one attached hydrogen (secondary N) is 1. The second-order valence-corrected chi connectivity index (χ2v) is 4.06. The SMILES string of the molecule is CC(=O)NCCSc1ccc(F)n[n+]1C. The number of hydrogen-bond acceptors (Lipinski definition) is 3. The van der Waals surface area contributed by atoms with Crippen molar-refractivity contribution < 1.29 is 13.9 Å². The fraction of sp³-hybridized carbons (Fsp3) is 0.444. The Bertz CT molecular complexity index is 359. The fourth-order valence-corrected chi connectivity index (χ4v) is 1.80. The van der Waals surface area contributed by atoms with Gasteiger partial charge in [0.2, 0.25) is 5.91 Å². The predicted octanol–water partition coefficient (Wildman–Crippen LogP) is 0.273. The molecule has 0 fully saturated rings. The Kier molecular flexibility index (Phi) is 4.48. The topological polar surface area (TPSA) is 45.9 Å². The van der Waals surface area contributed by atoms with Crippen molar-refractivity contribution >= 4 is 17.7 Å². The molecule has 1 rings (SSSR count). The summed E-state index contributed by atoms with van der Waals surface area (Å²) in [5.74, 6) is 0.196. The number of nitrogens with zero attached hydrogens (tertiary/aromatic N) is 2. The van der Waals surface area contributed by atoms with Crippen molar-refractivity contribution in [2.24, 2.45) is 7.05 Å². The maximum atomic E-state index is 12.6. The molecule has 1 aromatic rings. The van der Waals surface area contributed by atoms with Crippen LogP contribution in [0.1, 0.15) is 6.92 Å². The van der Waals surface area contributed by atoms with E-state index in [1.165, 1.54) is 29.4 Å². The molecule has 0 atom stereocenters. The summed E-state index contributed by atoms with van der Waals surface area (Å²) >= 11 is 1.52. The van der Waals surface area contributed by atoms with Crippen molar-refractivity contribution in [3.8, 4) is 0 Å². The second-order valence-electron chi connectivity index (χ2n) is 2.95. The average Bonchev–Trinajstić information content (AvgIpc) is 2.14. The van der Waals surface area contributed by atoms with Gasteiger partial charge in [0.1, 0.15) is 0 Å². The van der Waals surface area contributed by atoms with Crippen molar-refractivity contribution in [2.75, 3.05) is 12.3 Å². The maximum absolute atomic E-state index is 12.6. The summed E-state index contributed by atoms with van der Waals surface area (Å²) < 4.78 is 14.1. The maximum Gasteiger partial charge on any atom is 0.277 e. The summed E-state index contributed by atoms with van der Waals surface area (Å²) in [5, 5.41) is 7.18. The van der Waals surface area contributed by atoms with Gasteiger partial charge in [0.05, 0.1) is 0 Å². The van der Waals surface area contributed by atoms with E-state index in [0.29, 0.717) is 6.54 Å². The molecule has 4 nitrogen and oxygen atoms in total. The minimum absolute atomic E-state index is 0.0443. The summed E-state index contributed by atoms with van der Waals surface area (Å²) in [6, 6.07) is 2.99. The van der Waals surface area contributed by atoms with E-state index in [4.69, 9.17) is 0 Å². The van der Waals surface area contributed by atoms with Crippen LogP contribution in [-0.4, -0.2) is 23.3 Å². The van der Waals surface area contributed by atoms with Gasteiger partial charge in [0.25, 0.3) is 11.0 Å². The number of hydrogen-bond donors (Lipinski definition) is 1. The zero-order valence-corrected chi connectivity index (χ0v) is 9.47. The van der Waals surface area contributed by atoms with Crippen molar-refractivity contribution in [3.05, 3.63) is 18.1 Å². The minimum Gasteiger partial charge on any atom is -0.356 e. The number of carbonyl (C=O) groups is 1. The van der Waals surface area contributed by atoms with Crippen molar-refractivity contribution in [1.82, 2.24) is 10.4 Å². The Morgan fingerprint density at radius 3 is 3.00 bits per heavy atom. The van der Waals surface area contributed by atoms with Gasteiger partial charge >= 0.3 is 0 Å². The van der Waals surface area contributed by atoms with Gasteiger partial charge in [-0.1, -0.05) is 16.4 Å². The van der Waals surface area contributed by atoms with Gasteiger partial charge in [-0.15, -0.1) is 0 Å². The van der Waals surface area contributed by atoms with Crippen LogP contribution < -0.4 is 10.00 Å². The first-order valence-electron chi connectivity index (χ1n) is 4.49. The molecule has 1 heterocycles. The van der Waals surface area contributed by atoms with Gasteiger partial charge < -0.3 is 5.32 Å². The molecule has 82 valence electrons. The van der Waals surface area contributed by atoms with E-state index in [9.17, 15) is 9.18 Å². The van der Waals surface area contributed by atoms with E-state index in [2.05, 4.69) is 10.4 Å². The van der Waals surface area contributed by atoms with Crippen LogP contribution in [-0.2, 0) is 11.8 Å². The number of carbonyl (C=O) groups excluding carboxylic acids is 1. The monoisotopic (exact) mass is 230 g/mol. The van der Waals surface area contributed by atoms with Crippen LogP contribution in [0.15, 0.2) is 17.2 Å². The first-order chi connectivity index (χ1) is 7.09. The normalized spacial score (nSPS) is 10.1. The zero-order chi connectivity index (χ0) is 11.3. The molecular weight excluding hydrogens is 217 g/mol. The van der Waals surface area contributed by atoms with Gasteiger partial charge in [-0.3, -0.25) is 4.79 Å². The lowest BCUT2D eigenvalue weighted by Gasteiger charge is -1.99. The van der Waals surface area contributed by atoms with Crippen molar-refractivity contribution in [3.63, 3.8) is 0 Å². The van der Waals surface area contributed by atoms with Gasteiger partial charge in [-0.2, -0.15) is 4.39 Å². The highest BCUT2D eigenvalue weighted by molar-refractivity contribution is 7.99. The highest BCUT2D eigenvalue weighted by Crippen LogP contribution is 2.10. The molecule has 0 spiro atoms. The van der Waals surface area contributed by atoms with Crippen LogP contribution in [0.3, 0.4) is 0 Å². The van der Waals surface area contributed by atoms with Gasteiger partial charge in [0, 0.05) is 36.5 Å². The number of thioether (sulfide) groups is 1. The van der Waals surface area contributed by atoms with E-state index in [1.54, 1.807) is 13.1 Å². The predicted molar refractivity (Wildman–Crippen MR) is 54.8 cm³/mol. The van der Waals surface area contributed by atoms with Crippen molar-refractivity contribution in [2.45, 2.75) is 11.9 Å². The molecule has 1 aromatic heterocycles. The van der Waals surface area contributed by atoms with Crippen LogP contribution in [0.2, 0.25) is 0 Å². The summed E-state index contributed by atoms with van der Waals surface area (Å²) in [7, 11) is 1.68. The molecule has 0 aromatic carbocycles. The first-order valence-corrected chi connectivity index (χ1v) is 5.48. The molecule has 0 aliphatic rings. The van der Waals surface area contributed by atoms with E-state index >= 15 is 0 Å². The van der Waals surface area contributed by atoms with Crippen LogP contribution in [0.5, 0.6) is 0 Å². The molecule has 0 aliphatic carbocycles. The Morgan fingerprint density at radius 2 is 2.40 bits per heavy atom. The molecule has 15 heavy (non-hydrogen) atoms. The van der Waals surface area contributed by atoms with E-state index in [1.807, 2.05) is 0 Å². The Hall–Kier alpha value is -1.17. The molecule has 1 amide bonds. The summed E-state index contributed by atoms with van der Waals surface area (Å²) in [5.41, 5.74) is 0. The molecule has 0 saturated carbocycles. The van der Waals surface area contributed by atoms with Gasteiger partial charge in [-0.05, 0) is 0 Å². The fourth-order valence-electron chi connectivity index (χ4n) is 0.998. The lowest BCUT2D eigenvalue weighted by molar-refractivity contribution is -0.768. The quantitative estimate of drug-likeness (QED) is 0.459. The third-order valence-electron chi connectivity index (χ3n) is 1.65. The van der Waals surface area contributed by atoms with Crippen molar-refractivity contribution in [1.29, 1.82) is 0 Å². The van der Waals surface area contributed by atoms with Crippen LogP contribution in [0.25, 0.3) is 0 Å². The molecule has 0 unspecified atom stereocenters. The van der Waals surface area contributed by atoms with Gasteiger partial charge in [0.15, 0.2) is 7.05 Å². The average molecular weight is 230 g/mol. The lowest BCUT2D eigenvalue weighted by atomic mass is 10.6. The third-order valence-corrected chi connectivity index (χ3v) is 2.76. The molecular formula is C9H13FN3OS+. The lowest BCUT2D eigenvalue weighted by Crippen LogP contribution is -2.36. The Balaban J connectivity index is 2.40. The number of aromatic nitrogens is 2. The molecule has 0 bridgehead atoms. The number of aryl methyl sites for hydroxylation is 1. The van der Waals surface area contributed by atoms with E-state index in [0.717, 1.165) is 10.8 Å². The summed E-state index contributed by atoms with van der Waals surface area (Å²) in [4.78, 5) is 10.6. The minimum atomic E-state index is -0.497. The van der Waals surface area contributed by atoms with Crippen LogP contribution >= 0.6 is 11.8 Å². The molecule has 6 heteroatoms. The standard InChI is InChI=1S/C9H12FN3OS/c1-7(14)11-5-6-15-9-4-3-8(10)12-13(9)2/h3-4H,5-6H2,1-2H3/p+1. The third kappa shape index (κ3) is 4.24. The molecule has 0 radical (unpaired) electrons. The number of amides is 1. The molecule has 1 N–H and O–H groups in total. The van der Waals surface area contributed by atoms with Crippen LogP contribution in [0.4, 0.5) is 4.39 Å². The Labute approximate surface area is 91.9 Å².